The largest absolute Gasteiger partial charge is 0.485 e. The summed E-state index contributed by atoms with van der Waals surface area (Å²) in [5.74, 6) is 1.58. The van der Waals surface area contributed by atoms with Gasteiger partial charge in [0.25, 0.3) is 0 Å². The number of nitrogen functional groups attached to an aromatic ring is 1. The van der Waals surface area contributed by atoms with Crippen LogP contribution < -0.4 is 15.2 Å². The predicted octanol–water partition coefficient (Wildman–Crippen LogP) is 4.21. The molecule has 0 spiro atoms. The van der Waals surface area contributed by atoms with E-state index in [1.165, 1.54) is 5.56 Å². The Morgan fingerprint density at radius 1 is 1.29 bits per heavy atom. The van der Waals surface area contributed by atoms with Crippen LogP contribution in [-0.2, 0) is 13.0 Å². The van der Waals surface area contributed by atoms with E-state index < -0.39 is 0 Å². The average Bonchev–Trinajstić information content (AvgIpc) is 2.74. The van der Waals surface area contributed by atoms with Crippen LogP contribution in [0, 0.1) is 0 Å². The molecule has 0 saturated heterocycles. The van der Waals surface area contributed by atoms with Crippen molar-refractivity contribution in [3.8, 4) is 11.5 Å². The number of ether oxygens (including phenoxy) is 2. The molecule has 0 atom stereocenters. The molecule has 2 aromatic carbocycles. The summed E-state index contributed by atoms with van der Waals surface area (Å²) in [6.07, 6.45) is 0.888. The summed E-state index contributed by atoms with van der Waals surface area (Å²) < 4.78 is 11.9. The molecule has 0 aliphatic carbocycles. The highest BCUT2D eigenvalue weighted by atomic mass is 35.5. The Balaban J connectivity index is 1.81. The van der Waals surface area contributed by atoms with Crippen molar-refractivity contribution in [3.05, 3.63) is 52.5 Å². The standard InChI is InChI=1S/C17H18ClNO2/c1-17(2)9-11-4-3-5-15(16(11)21-17)20-10-12-8-13(18)6-7-14(12)19/h3-8H,9-10,19H2,1-2H3. The van der Waals surface area contributed by atoms with Gasteiger partial charge >= 0.3 is 0 Å². The molecule has 0 aromatic heterocycles. The number of hydrogen-bond acceptors (Lipinski definition) is 3. The Kier molecular flexibility index (Phi) is 3.46. The third-order valence-electron chi connectivity index (χ3n) is 3.54. The summed E-state index contributed by atoms with van der Waals surface area (Å²) >= 11 is 5.99. The van der Waals surface area contributed by atoms with Gasteiger partial charge in [-0.3, -0.25) is 0 Å². The molecule has 1 aliphatic heterocycles. The lowest BCUT2D eigenvalue weighted by molar-refractivity contribution is 0.131. The van der Waals surface area contributed by atoms with Crippen LogP contribution >= 0.6 is 11.6 Å². The fraction of sp³-hybridized carbons (Fsp3) is 0.294. The molecule has 0 radical (unpaired) electrons. The van der Waals surface area contributed by atoms with Crippen LogP contribution in [0.25, 0.3) is 0 Å². The lowest BCUT2D eigenvalue weighted by atomic mass is 10.0. The molecule has 2 N–H and O–H groups in total. The molecule has 110 valence electrons. The second-order valence-corrected chi connectivity index (χ2v) is 6.35. The van der Waals surface area contributed by atoms with Crippen LogP contribution in [0.3, 0.4) is 0 Å². The maximum absolute atomic E-state index is 5.99. The third kappa shape index (κ3) is 2.93. The Hall–Kier alpha value is -1.87. The van der Waals surface area contributed by atoms with Gasteiger partial charge in [-0.2, -0.15) is 0 Å². The first-order valence-corrected chi connectivity index (χ1v) is 7.30. The van der Waals surface area contributed by atoms with Gasteiger partial charge in [-0.1, -0.05) is 23.7 Å². The molecule has 1 heterocycles. The molecular weight excluding hydrogens is 286 g/mol. The fourth-order valence-corrected chi connectivity index (χ4v) is 2.75. The molecule has 0 fully saturated rings. The van der Waals surface area contributed by atoms with E-state index >= 15 is 0 Å². The first kappa shape index (κ1) is 14.1. The van der Waals surface area contributed by atoms with Gasteiger partial charge in [0.15, 0.2) is 11.5 Å². The molecule has 0 saturated carbocycles. The summed E-state index contributed by atoms with van der Waals surface area (Å²) in [4.78, 5) is 0. The van der Waals surface area contributed by atoms with Crippen LogP contribution in [0.5, 0.6) is 11.5 Å². The van der Waals surface area contributed by atoms with Gasteiger partial charge in [0, 0.05) is 28.3 Å². The van der Waals surface area contributed by atoms with Gasteiger partial charge in [0.05, 0.1) is 0 Å². The van der Waals surface area contributed by atoms with Gasteiger partial charge in [-0.05, 0) is 38.1 Å². The van der Waals surface area contributed by atoms with E-state index in [4.69, 9.17) is 26.8 Å². The minimum absolute atomic E-state index is 0.184. The van der Waals surface area contributed by atoms with E-state index in [0.717, 1.165) is 23.5 Å². The smallest absolute Gasteiger partial charge is 0.165 e. The topological polar surface area (TPSA) is 44.5 Å². The number of halogens is 1. The summed E-state index contributed by atoms with van der Waals surface area (Å²) in [6.45, 7) is 4.52. The van der Waals surface area contributed by atoms with Crippen molar-refractivity contribution < 1.29 is 9.47 Å². The first-order chi connectivity index (χ1) is 9.94. The Morgan fingerprint density at radius 2 is 2.10 bits per heavy atom. The van der Waals surface area contributed by atoms with Crippen LogP contribution in [0.15, 0.2) is 36.4 Å². The van der Waals surface area contributed by atoms with Gasteiger partial charge < -0.3 is 15.2 Å². The molecule has 3 nitrogen and oxygen atoms in total. The van der Waals surface area contributed by atoms with E-state index in [1.807, 2.05) is 18.2 Å². The number of benzene rings is 2. The molecular formula is C17H18ClNO2. The number of fused-ring (bicyclic) bond motifs is 1. The second kappa shape index (κ2) is 5.15. The van der Waals surface area contributed by atoms with Gasteiger partial charge in [0.1, 0.15) is 12.2 Å². The quantitative estimate of drug-likeness (QED) is 0.864. The number of rotatable bonds is 3. The van der Waals surface area contributed by atoms with Crippen LogP contribution in [-0.4, -0.2) is 5.60 Å². The maximum atomic E-state index is 5.99. The number of hydrogen-bond donors (Lipinski definition) is 1. The van der Waals surface area contributed by atoms with E-state index in [-0.39, 0.29) is 5.60 Å². The normalized spacial score (nSPS) is 15.4. The summed E-state index contributed by atoms with van der Waals surface area (Å²) in [5.41, 5.74) is 8.48. The van der Waals surface area contributed by atoms with Gasteiger partial charge in [0.2, 0.25) is 0 Å². The predicted molar refractivity (Wildman–Crippen MR) is 85.0 cm³/mol. The Labute approximate surface area is 129 Å². The molecule has 0 amide bonds. The van der Waals surface area contributed by atoms with E-state index in [0.29, 0.717) is 17.3 Å². The summed E-state index contributed by atoms with van der Waals surface area (Å²) in [5, 5.41) is 0.651. The zero-order valence-corrected chi connectivity index (χ0v) is 12.9. The van der Waals surface area contributed by atoms with Crippen molar-refractivity contribution >= 4 is 17.3 Å². The van der Waals surface area contributed by atoms with Gasteiger partial charge in [-0.15, -0.1) is 0 Å². The highest BCUT2D eigenvalue weighted by Gasteiger charge is 2.32. The molecule has 21 heavy (non-hydrogen) atoms. The second-order valence-electron chi connectivity index (χ2n) is 5.91. The Morgan fingerprint density at radius 3 is 2.90 bits per heavy atom. The SMILES string of the molecule is CC1(C)Cc2cccc(OCc3cc(Cl)ccc3N)c2O1. The highest BCUT2D eigenvalue weighted by Crippen LogP contribution is 2.42. The number of para-hydroxylation sites is 1. The zero-order chi connectivity index (χ0) is 15.0. The summed E-state index contributed by atoms with van der Waals surface area (Å²) in [7, 11) is 0. The minimum Gasteiger partial charge on any atom is -0.485 e. The lowest BCUT2D eigenvalue weighted by Gasteiger charge is -2.18. The molecule has 1 aliphatic rings. The van der Waals surface area contributed by atoms with E-state index in [2.05, 4.69) is 19.9 Å². The van der Waals surface area contributed by atoms with Crippen molar-refractivity contribution in [1.82, 2.24) is 0 Å². The zero-order valence-electron chi connectivity index (χ0n) is 12.2. The van der Waals surface area contributed by atoms with Crippen molar-refractivity contribution in [2.45, 2.75) is 32.5 Å². The lowest BCUT2D eigenvalue weighted by Crippen LogP contribution is -2.24. The minimum atomic E-state index is -0.184. The van der Waals surface area contributed by atoms with E-state index in [9.17, 15) is 0 Å². The highest BCUT2D eigenvalue weighted by molar-refractivity contribution is 6.30. The first-order valence-electron chi connectivity index (χ1n) is 6.92. The molecule has 4 heteroatoms. The molecule has 3 rings (SSSR count). The number of nitrogens with two attached hydrogens (primary N) is 1. The fourth-order valence-electron chi connectivity index (χ4n) is 2.56. The van der Waals surface area contributed by atoms with Gasteiger partial charge in [-0.25, -0.2) is 0 Å². The van der Waals surface area contributed by atoms with Crippen LogP contribution in [0.2, 0.25) is 5.02 Å². The Bertz CT molecular complexity index is 682. The van der Waals surface area contributed by atoms with E-state index in [1.54, 1.807) is 12.1 Å². The molecule has 0 bridgehead atoms. The van der Waals surface area contributed by atoms with Crippen LogP contribution in [0.1, 0.15) is 25.0 Å². The monoisotopic (exact) mass is 303 g/mol. The molecule has 0 unspecified atom stereocenters. The average molecular weight is 304 g/mol. The molecule has 2 aromatic rings. The van der Waals surface area contributed by atoms with Crippen LogP contribution in [0.4, 0.5) is 5.69 Å². The third-order valence-corrected chi connectivity index (χ3v) is 3.78. The summed E-state index contributed by atoms with van der Waals surface area (Å²) in [6, 6.07) is 11.4. The van der Waals surface area contributed by atoms with Crippen molar-refractivity contribution in [3.63, 3.8) is 0 Å². The number of anilines is 1. The maximum Gasteiger partial charge on any atom is 0.165 e. The van der Waals surface area contributed by atoms with Crippen molar-refractivity contribution in [2.75, 3.05) is 5.73 Å². The van der Waals surface area contributed by atoms with Crippen molar-refractivity contribution in [1.29, 1.82) is 0 Å². The van der Waals surface area contributed by atoms with Crippen molar-refractivity contribution in [2.24, 2.45) is 0 Å².